The SMILES string of the molecule is CCOC(=O)[C@@H]1CCCN(C(=O)c2cc(Cl)c3c(c2)OCCCO3)C1. The summed E-state index contributed by atoms with van der Waals surface area (Å²) >= 11 is 6.27. The number of ether oxygens (including phenoxy) is 3. The lowest BCUT2D eigenvalue weighted by molar-refractivity contribution is -0.149. The number of nitrogens with zero attached hydrogens (tertiary/aromatic N) is 1. The van der Waals surface area contributed by atoms with Gasteiger partial charge in [-0.1, -0.05) is 11.6 Å². The highest BCUT2D eigenvalue weighted by atomic mass is 35.5. The quantitative estimate of drug-likeness (QED) is 0.768. The van der Waals surface area contributed by atoms with E-state index in [4.69, 9.17) is 25.8 Å². The summed E-state index contributed by atoms with van der Waals surface area (Å²) in [6.07, 6.45) is 2.28. The fourth-order valence-corrected chi connectivity index (χ4v) is 3.42. The number of amides is 1. The maximum absolute atomic E-state index is 12.9. The van der Waals surface area contributed by atoms with Crippen LogP contribution in [-0.4, -0.2) is 49.7 Å². The van der Waals surface area contributed by atoms with Crippen molar-refractivity contribution in [2.75, 3.05) is 32.9 Å². The molecule has 0 aliphatic carbocycles. The van der Waals surface area contributed by atoms with E-state index < -0.39 is 0 Å². The van der Waals surface area contributed by atoms with Gasteiger partial charge in [0, 0.05) is 25.1 Å². The molecule has 2 aliphatic rings. The Balaban J connectivity index is 1.77. The van der Waals surface area contributed by atoms with Gasteiger partial charge in [0.15, 0.2) is 11.5 Å². The first-order valence-electron chi connectivity index (χ1n) is 8.65. The van der Waals surface area contributed by atoms with Gasteiger partial charge in [-0.3, -0.25) is 9.59 Å². The standard InChI is InChI=1S/C18H22ClNO5/c1-2-23-18(22)12-5-3-6-20(11-12)17(21)13-9-14(19)16-15(10-13)24-7-4-8-25-16/h9-10,12H,2-8,11H2,1H3/t12-/m1/s1. The van der Waals surface area contributed by atoms with Crippen molar-refractivity contribution in [2.45, 2.75) is 26.2 Å². The van der Waals surface area contributed by atoms with Crippen LogP contribution in [0.2, 0.25) is 5.02 Å². The highest BCUT2D eigenvalue weighted by molar-refractivity contribution is 6.32. The molecule has 1 aromatic carbocycles. The molecule has 0 spiro atoms. The van der Waals surface area contributed by atoms with E-state index in [-0.39, 0.29) is 17.8 Å². The van der Waals surface area contributed by atoms with Gasteiger partial charge in [-0.05, 0) is 31.9 Å². The van der Waals surface area contributed by atoms with Gasteiger partial charge in [-0.25, -0.2) is 0 Å². The fraction of sp³-hybridized carbons (Fsp3) is 0.556. The Morgan fingerprint density at radius 3 is 2.88 bits per heavy atom. The summed E-state index contributed by atoms with van der Waals surface area (Å²) in [7, 11) is 0. The zero-order valence-electron chi connectivity index (χ0n) is 14.3. The third-order valence-corrected chi connectivity index (χ3v) is 4.66. The molecule has 0 aromatic heterocycles. The van der Waals surface area contributed by atoms with Crippen LogP contribution in [0.15, 0.2) is 12.1 Å². The van der Waals surface area contributed by atoms with E-state index in [1.165, 1.54) is 0 Å². The normalized spacial score (nSPS) is 19.9. The maximum Gasteiger partial charge on any atom is 0.310 e. The van der Waals surface area contributed by atoms with Crippen LogP contribution in [0.4, 0.5) is 0 Å². The van der Waals surface area contributed by atoms with Crippen molar-refractivity contribution in [3.05, 3.63) is 22.7 Å². The Kier molecular flexibility index (Phi) is 5.68. The molecule has 0 bridgehead atoms. The molecule has 136 valence electrons. The lowest BCUT2D eigenvalue weighted by atomic mass is 9.97. The highest BCUT2D eigenvalue weighted by Gasteiger charge is 2.30. The summed E-state index contributed by atoms with van der Waals surface area (Å²) in [5, 5.41) is 0.363. The van der Waals surface area contributed by atoms with Crippen LogP contribution < -0.4 is 9.47 Å². The van der Waals surface area contributed by atoms with Crippen molar-refractivity contribution in [3.63, 3.8) is 0 Å². The number of fused-ring (bicyclic) bond motifs is 1. The van der Waals surface area contributed by atoms with E-state index in [0.717, 1.165) is 19.3 Å². The largest absolute Gasteiger partial charge is 0.489 e. The number of benzene rings is 1. The lowest BCUT2D eigenvalue weighted by Gasteiger charge is -2.31. The number of likely N-dealkylation sites (tertiary alicyclic amines) is 1. The molecule has 2 aliphatic heterocycles. The number of halogens is 1. The van der Waals surface area contributed by atoms with E-state index in [1.807, 2.05) is 0 Å². The predicted octanol–water partition coefficient (Wildman–Crippen LogP) is 2.92. The minimum absolute atomic E-state index is 0.161. The average Bonchev–Trinajstić information content (AvgIpc) is 2.87. The van der Waals surface area contributed by atoms with Crippen molar-refractivity contribution in [2.24, 2.45) is 5.92 Å². The summed E-state index contributed by atoms with van der Waals surface area (Å²) < 4.78 is 16.3. The molecular formula is C18H22ClNO5. The summed E-state index contributed by atoms with van der Waals surface area (Å²) in [6, 6.07) is 3.27. The third-order valence-electron chi connectivity index (χ3n) is 4.38. The van der Waals surface area contributed by atoms with E-state index in [0.29, 0.717) is 55.0 Å². The number of esters is 1. The monoisotopic (exact) mass is 367 g/mol. The van der Waals surface area contributed by atoms with Gasteiger partial charge in [-0.15, -0.1) is 0 Å². The topological polar surface area (TPSA) is 65.1 Å². The highest BCUT2D eigenvalue weighted by Crippen LogP contribution is 2.38. The summed E-state index contributed by atoms with van der Waals surface area (Å²) in [6.45, 7) is 4.16. The van der Waals surface area contributed by atoms with Crippen LogP contribution >= 0.6 is 11.6 Å². The molecule has 6 nitrogen and oxygen atoms in total. The minimum atomic E-state index is -0.270. The molecule has 25 heavy (non-hydrogen) atoms. The van der Waals surface area contributed by atoms with Gasteiger partial charge in [0.2, 0.25) is 0 Å². The van der Waals surface area contributed by atoms with E-state index in [2.05, 4.69) is 0 Å². The number of hydrogen-bond acceptors (Lipinski definition) is 5. The van der Waals surface area contributed by atoms with Gasteiger partial charge >= 0.3 is 5.97 Å². The Bertz CT molecular complexity index is 663. The smallest absolute Gasteiger partial charge is 0.310 e. The number of carbonyl (C=O) groups excluding carboxylic acids is 2. The molecule has 1 fully saturated rings. The molecule has 0 N–H and O–H groups in total. The third kappa shape index (κ3) is 4.00. The number of carbonyl (C=O) groups is 2. The Morgan fingerprint density at radius 1 is 1.28 bits per heavy atom. The Morgan fingerprint density at radius 2 is 2.08 bits per heavy atom. The van der Waals surface area contributed by atoms with Crippen molar-refractivity contribution in [3.8, 4) is 11.5 Å². The molecule has 1 atom stereocenters. The molecular weight excluding hydrogens is 346 g/mol. The molecule has 0 radical (unpaired) electrons. The van der Waals surface area contributed by atoms with Gasteiger partial charge < -0.3 is 19.1 Å². The van der Waals surface area contributed by atoms with Crippen LogP contribution in [0.3, 0.4) is 0 Å². The Labute approximate surface area is 152 Å². The second kappa shape index (κ2) is 7.95. The number of rotatable bonds is 3. The first-order valence-corrected chi connectivity index (χ1v) is 9.03. The number of hydrogen-bond donors (Lipinski definition) is 0. The molecule has 2 heterocycles. The van der Waals surface area contributed by atoms with Crippen LogP contribution in [0.1, 0.15) is 36.5 Å². The van der Waals surface area contributed by atoms with Crippen molar-refractivity contribution in [1.82, 2.24) is 4.90 Å². The molecule has 1 aromatic rings. The minimum Gasteiger partial charge on any atom is -0.489 e. The average molecular weight is 368 g/mol. The molecule has 3 rings (SSSR count). The van der Waals surface area contributed by atoms with Crippen LogP contribution in [0.5, 0.6) is 11.5 Å². The first kappa shape index (κ1) is 17.9. The van der Waals surface area contributed by atoms with Crippen LogP contribution in [0, 0.1) is 5.92 Å². The molecule has 7 heteroatoms. The second-order valence-corrected chi connectivity index (χ2v) is 6.59. The maximum atomic E-state index is 12.9. The zero-order valence-corrected chi connectivity index (χ0v) is 15.0. The van der Waals surface area contributed by atoms with Crippen LogP contribution in [-0.2, 0) is 9.53 Å². The van der Waals surface area contributed by atoms with Gasteiger partial charge in [0.05, 0.1) is 30.8 Å². The van der Waals surface area contributed by atoms with E-state index in [9.17, 15) is 9.59 Å². The zero-order chi connectivity index (χ0) is 17.8. The van der Waals surface area contributed by atoms with Crippen molar-refractivity contribution in [1.29, 1.82) is 0 Å². The predicted molar refractivity (Wildman–Crippen MR) is 92.3 cm³/mol. The Hall–Kier alpha value is -1.95. The number of piperidine rings is 1. The molecule has 0 unspecified atom stereocenters. The summed E-state index contributed by atoms with van der Waals surface area (Å²) in [5.74, 6) is 0.308. The van der Waals surface area contributed by atoms with Crippen molar-refractivity contribution >= 4 is 23.5 Å². The molecule has 1 amide bonds. The van der Waals surface area contributed by atoms with Gasteiger partial charge in [-0.2, -0.15) is 0 Å². The fourth-order valence-electron chi connectivity index (χ4n) is 3.15. The second-order valence-electron chi connectivity index (χ2n) is 6.18. The van der Waals surface area contributed by atoms with Gasteiger partial charge in [0.1, 0.15) is 0 Å². The first-order chi connectivity index (χ1) is 12.1. The van der Waals surface area contributed by atoms with Crippen LogP contribution in [0.25, 0.3) is 0 Å². The van der Waals surface area contributed by atoms with Gasteiger partial charge in [0.25, 0.3) is 5.91 Å². The molecule has 0 saturated carbocycles. The van der Waals surface area contributed by atoms with E-state index in [1.54, 1.807) is 24.0 Å². The van der Waals surface area contributed by atoms with E-state index >= 15 is 0 Å². The summed E-state index contributed by atoms with van der Waals surface area (Å²) in [4.78, 5) is 26.5. The summed E-state index contributed by atoms with van der Waals surface area (Å²) in [5.41, 5.74) is 0.443. The molecule has 1 saturated heterocycles. The lowest BCUT2D eigenvalue weighted by Crippen LogP contribution is -2.42. The van der Waals surface area contributed by atoms with Crippen molar-refractivity contribution < 1.29 is 23.8 Å².